The highest BCUT2D eigenvalue weighted by Gasteiger charge is 2.12. The van der Waals surface area contributed by atoms with Crippen molar-refractivity contribution in [3.8, 4) is 5.95 Å². The number of rotatable bonds is 1. The van der Waals surface area contributed by atoms with E-state index in [1.54, 1.807) is 0 Å². The Balaban J connectivity index is 2.17. The molecule has 82 valence electrons. The number of hydrogen-bond acceptors (Lipinski definition) is 3. The van der Waals surface area contributed by atoms with Crippen LogP contribution in [0.25, 0.3) is 21.9 Å². The van der Waals surface area contributed by atoms with E-state index in [9.17, 15) is 0 Å². The first-order valence-electron chi connectivity index (χ1n) is 5.30. The van der Waals surface area contributed by atoms with Crippen molar-refractivity contribution in [3.63, 3.8) is 0 Å². The van der Waals surface area contributed by atoms with Crippen LogP contribution in [0.1, 0.15) is 0 Å². The Morgan fingerprint density at radius 2 is 1.82 bits per heavy atom. The van der Waals surface area contributed by atoms with Gasteiger partial charge < -0.3 is 0 Å². The molecule has 0 unspecified atom stereocenters. The lowest BCUT2D eigenvalue weighted by Crippen LogP contribution is -1.96. The van der Waals surface area contributed by atoms with Crippen molar-refractivity contribution in [2.24, 2.45) is 0 Å². The van der Waals surface area contributed by atoms with Crippen LogP contribution in [0.2, 0.25) is 0 Å². The van der Waals surface area contributed by atoms with Crippen LogP contribution in [0.15, 0.2) is 48.8 Å². The zero-order chi connectivity index (χ0) is 11.2. The summed E-state index contributed by atoms with van der Waals surface area (Å²) in [4.78, 5) is 5.48. The van der Waals surface area contributed by atoms with E-state index in [-0.39, 0.29) is 0 Å². The maximum absolute atomic E-state index is 4.55. The van der Waals surface area contributed by atoms with Gasteiger partial charge in [0.25, 0.3) is 0 Å². The zero-order valence-corrected chi connectivity index (χ0v) is 9.63. The van der Waals surface area contributed by atoms with Crippen molar-refractivity contribution in [2.45, 2.75) is 0 Å². The first-order valence-corrected chi connectivity index (χ1v) is 6.07. The molecule has 1 aromatic carbocycles. The molecular weight excluding hydrogens is 232 g/mol. The third kappa shape index (κ3) is 1.17. The number of nitrogens with zero attached hydrogens (tertiary/aromatic N) is 4. The van der Waals surface area contributed by atoms with Crippen molar-refractivity contribution in [3.05, 3.63) is 48.8 Å². The van der Waals surface area contributed by atoms with Crippen LogP contribution < -0.4 is 0 Å². The van der Waals surface area contributed by atoms with Crippen LogP contribution in [-0.2, 0) is 0 Å². The van der Waals surface area contributed by atoms with Crippen molar-refractivity contribution in [2.75, 3.05) is 0 Å². The molecule has 0 saturated carbocycles. The Bertz CT molecular complexity index is 794. The van der Waals surface area contributed by atoms with Crippen molar-refractivity contribution >= 4 is 27.5 Å². The summed E-state index contributed by atoms with van der Waals surface area (Å²) in [5, 5.41) is 0. The van der Waals surface area contributed by atoms with Gasteiger partial charge in [0, 0.05) is 23.9 Å². The van der Waals surface area contributed by atoms with Crippen LogP contribution >= 0.6 is 11.5 Å². The van der Waals surface area contributed by atoms with Crippen LogP contribution in [0, 0.1) is 0 Å². The molecule has 17 heavy (non-hydrogen) atoms. The third-order valence-corrected chi connectivity index (χ3v) is 3.47. The molecule has 0 aliphatic carbocycles. The lowest BCUT2D eigenvalue weighted by atomic mass is 10.3. The fourth-order valence-corrected chi connectivity index (χ4v) is 2.75. The molecule has 0 amide bonds. The monoisotopic (exact) mass is 240 g/mol. The second-order valence-corrected chi connectivity index (χ2v) is 4.52. The summed E-state index contributed by atoms with van der Waals surface area (Å²) in [7, 11) is 0. The summed E-state index contributed by atoms with van der Waals surface area (Å²) in [6.07, 6.45) is 3.98. The number of benzene rings is 1. The Labute approximate surface area is 101 Å². The summed E-state index contributed by atoms with van der Waals surface area (Å²) in [5.74, 6) is 0.892. The largest absolute Gasteiger partial charge is 0.293 e. The summed E-state index contributed by atoms with van der Waals surface area (Å²) in [6.45, 7) is 0. The van der Waals surface area contributed by atoms with E-state index in [0.29, 0.717) is 0 Å². The first-order chi connectivity index (χ1) is 8.43. The van der Waals surface area contributed by atoms with Gasteiger partial charge in [0.05, 0.1) is 11.0 Å². The molecule has 4 rings (SSSR count). The smallest absolute Gasteiger partial charge is 0.231 e. The predicted octanol–water partition coefficient (Wildman–Crippen LogP) is 2.73. The van der Waals surface area contributed by atoms with Gasteiger partial charge in [0.15, 0.2) is 0 Å². The van der Waals surface area contributed by atoms with E-state index >= 15 is 0 Å². The second kappa shape index (κ2) is 3.18. The normalized spacial score (nSPS) is 11.5. The molecule has 0 N–H and O–H groups in total. The van der Waals surface area contributed by atoms with Gasteiger partial charge in [-0.15, -0.1) is 0 Å². The lowest BCUT2D eigenvalue weighted by molar-refractivity contribution is 0.954. The third-order valence-electron chi connectivity index (χ3n) is 2.77. The van der Waals surface area contributed by atoms with Gasteiger partial charge in [0.1, 0.15) is 0 Å². The summed E-state index contributed by atoms with van der Waals surface area (Å²) in [6, 6.07) is 12.1. The topological polar surface area (TPSA) is 35.1 Å². The maximum Gasteiger partial charge on any atom is 0.231 e. The lowest BCUT2D eigenvalue weighted by Gasteiger charge is -1.98. The molecule has 0 bridgehead atoms. The van der Waals surface area contributed by atoms with E-state index in [4.69, 9.17) is 0 Å². The molecule has 3 heterocycles. The minimum absolute atomic E-state index is 0.892. The summed E-state index contributed by atoms with van der Waals surface area (Å²) < 4.78 is 8.53. The van der Waals surface area contributed by atoms with Gasteiger partial charge in [-0.05, 0) is 24.3 Å². The van der Waals surface area contributed by atoms with Gasteiger partial charge in [-0.25, -0.2) is 4.98 Å². The first kappa shape index (κ1) is 8.95. The second-order valence-electron chi connectivity index (χ2n) is 3.79. The molecule has 0 aliphatic rings. The fraction of sp³-hybridized carbons (Fsp3) is 0. The SMILES string of the molecule is c1ccc2c(c1)nc1snc(-n3cccc3)n12. The number of fused-ring (bicyclic) bond motifs is 3. The quantitative estimate of drug-likeness (QED) is 0.513. The van der Waals surface area contributed by atoms with E-state index in [2.05, 4.69) is 19.8 Å². The van der Waals surface area contributed by atoms with Gasteiger partial charge >= 0.3 is 0 Å². The molecule has 0 spiro atoms. The standard InChI is InChI=1S/C12H8N4S/c1-2-6-10-9(5-1)13-12-16(10)11(14-17-12)15-7-3-4-8-15/h1-8H. The minimum atomic E-state index is 0.892. The molecule has 4 nitrogen and oxygen atoms in total. The van der Waals surface area contributed by atoms with Crippen LogP contribution in [0.4, 0.5) is 0 Å². The van der Waals surface area contributed by atoms with E-state index in [0.717, 1.165) is 21.9 Å². The Kier molecular flexibility index (Phi) is 1.67. The highest BCUT2D eigenvalue weighted by atomic mass is 32.1. The zero-order valence-electron chi connectivity index (χ0n) is 8.82. The van der Waals surface area contributed by atoms with E-state index in [1.807, 2.05) is 47.3 Å². The predicted molar refractivity (Wildman–Crippen MR) is 67.7 cm³/mol. The van der Waals surface area contributed by atoms with Crippen molar-refractivity contribution < 1.29 is 0 Å². The number of imidazole rings is 1. The van der Waals surface area contributed by atoms with Gasteiger partial charge in [0.2, 0.25) is 10.9 Å². The van der Waals surface area contributed by atoms with E-state index in [1.165, 1.54) is 11.5 Å². The number of para-hydroxylation sites is 2. The molecule has 0 fully saturated rings. The van der Waals surface area contributed by atoms with Crippen LogP contribution in [0.5, 0.6) is 0 Å². The minimum Gasteiger partial charge on any atom is -0.293 e. The fourth-order valence-electron chi connectivity index (χ4n) is 2.01. The highest BCUT2D eigenvalue weighted by Crippen LogP contribution is 2.22. The van der Waals surface area contributed by atoms with Gasteiger partial charge in [-0.3, -0.25) is 8.97 Å². The molecule has 4 aromatic rings. The molecule has 0 radical (unpaired) electrons. The number of aromatic nitrogens is 4. The molecule has 0 aliphatic heterocycles. The van der Waals surface area contributed by atoms with Crippen molar-refractivity contribution in [1.29, 1.82) is 0 Å². The van der Waals surface area contributed by atoms with Crippen LogP contribution in [0.3, 0.4) is 0 Å². The Hall–Kier alpha value is -2.14. The average molecular weight is 240 g/mol. The Morgan fingerprint density at radius 3 is 2.71 bits per heavy atom. The maximum atomic E-state index is 4.55. The molecular formula is C12H8N4S. The van der Waals surface area contributed by atoms with E-state index < -0.39 is 0 Å². The van der Waals surface area contributed by atoms with Gasteiger partial charge in [-0.1, -0.05) is 12.1 Å². The van der Waals surface area contributed by atoms with Crippen LogP contribution in [-0.4, -0.2) is 18.3 Å². The van der Waals surface area contributed by atoms with Crippen molar-refractivity contribution in [1.82, 2.24) is 18.3 Å². The molecule has 3 aromatic heterocycles. The molecule has 0 saturated heterocycles. The summed E-state index contributed by atoms with van der Waals surface area (Å²) in [5.41, 5.74) is 2.11. The average Bonchev–Trinajstić information content (AvgIpc) is 3.04. The van der Waals surface area contributed by atoms with Gasteiger partial charge in [-0.2, -0.15) is 4.37 Å². The number of hydrogen-bond donors (Lipinski definition) is 0. The Morgan fingerprint density at radius 1 is 1.00 bits per heavy atom. The molecule has 0 atom stereocenters. The molecule has 5 heteroatoms. The highest BCUT2D eigenvalue weighted by molar-refractivity contribution is 7.11. The summed E-state index contributed by atoms with van der Waals surface area (Å²) >= 11 is 1.42.